The Morgan fingerprint density at radius 2 is 2.36 bits per heavy atom. The van der Waals surface area contributed by atoms with Crippen molar-refractivity contribution in [2.45, 2.75) is 13.5 Å². The second kappa shape index (κ2) is 3.49. The lowest BCUT2D eigenvalue weighted by Crippen LogP contribution is -2.01. The lowest BCUT2D eigenvalue weighted by Gasteiger charge is -1.96. The summed E-state index contributed by atoms with van der Waals surface area (Å²) in [7, 11) is 1.88. The smallest absolute Gasteiger partial charge is 0.315 e. The lowest BCUT2D eigenvalue weighted by atomic mass is 10.4. The maximum Gasteiger partial charge on any atom is 0.315 e. The Labute approximate surface area is 80.9 Å². The van der Waals surface area contributed by atoms with E-state index in [1.807, 2.05) is 19.3 Å². The number of nitrogens with zero attached hydrogens (tertiary/aromatic N) is 4. The van der Waals surface area contributed by atoms with Crippen LogP contribution in [0.1, 0.15) is 11.6 Å². The molecule has 0 fully saturated rings. The van der Waals surface area contributed by atoms with Gasteiger partial charge in [-0.3, -0.25) is 4.68 Å². The molecule has 0 amide bonds. The Hall–Kier alpha value is -1.85. The van der Waals surface area contributed by atoms with E-state index in [0.29, 0.717) is 18.5 Å². The van der Waals surface area contributed by atoms with Gasteiger partial charge in [0.05, 0.1) is 12.2 Å². The Morgan fingerprint density at radius 3 is 2.93 bits per heavy atom. The minimum atomic E-state index is 0.424. The molecule has 0 bridgehead atoms. The molecule has 0 atom stereocenters. The van der Waals surface area contributed by atoms with Crippen LogP contribution in [0.5, 0.6) is 0 Å². The first-order valence-corrected chi connectivity index (χ1v) is 4.26. The predicted molar refractivity (Wildman–Crippen MR) is 49.6 cm³/mol. The summed E-state index contributed by atoms with van der Waals surface area (Å²) < 4.78 is 6.89. The van der Waals surface area contributed by atoms with E-state index in [4.69, 9.17) is 4.42 Å². The fourth-order valence-corrected chi connectivity index (χ4v) is 1.09. The minimum Gasteiger partial charge on any atom is -0.408 e. The van der Waals surface area contributed by atoms with Gasteiger partial charge in [-0.2, -0.15) is 5.10 Å². The molecule has 6 heteroatoms. The van der Waals surface area contributed by atoms with Crippen molar-refractivity contribution >= 4 is 6.01 Å². The molecule has 6 nitrogen and oxygen atoms in total. The number of aryl methyl sites for hydroxylation is 2. The summed E-state index contributed by atoms with van der Waals surface area (Å²) in [6.45, 7) is 2.33. The first kappa shape index (κ1) is 8.74. The van der Waals surface area contributed by atoms with Gasteiger partial charge >= 0.3 is 6.01 Å². The SMILES string of the molecule is Cc1nnc(NCc2ccn(C)n2)o1. The molecule has 0 aromatic carbocycles. The van der Waals surface area contributed by atoms with Crippen LogP contribution in [0.4, 0.5) is 6.01 Å². The minimum absolute atomic E-state index is 0.424. The van der Waals surface area contributed by atoms with Gasteiger partial charge in [-0.05, 0) is 6.07 Å². The van der Waals surface area contributed by atoms with Crippen LogP contribution in [0.15, 0.2) is 16.7 Å². The molecule has 2 aromatic heterocycles. The van der Waals surface area contributed by atoms with E-state index >= 15 is 0 Å². The zero-order valence-electron chi connectivity index (χ0n) is 8.06. The number of rotatable bonds is 3. The second-order valence-corrected chi connectivity index (χ2v) is 2.96. The van der Waals surface area contributed by atoms with E-state index in [1.54, 1.807) is 11.6 Å². The standard InChI is InChI=1S/C8H11N5O/c1-6-10-11-8(14-6)9-5-7-3-4-13(2)12-7/h3-4H,5H2,1-2H3,(H,9,11). The Bertz CT molecular complexity index is 379. The van der Waals surface area contributed by atoms with E-state index in [1.165, 1.54) is 0 Å². The average Bonchev–Trinajstić information content (AvgIpc) is 2.72. The van der Waals surface area contributed by atoms with Crippen LogP contribution < -0.4 is 5.32 Å². The molecule has 2 aromatic rings. The quantitative estimate of drug-likeness (QED) is 0.778. The molecule has 0 radical (unpaired) electrons. The van der Waals surface area contributed by atoms with Crippen LogP contribution in [-0.2, 0) is 13.6 Å². The van der Waals surface area contributed by atoms with Crippen molar-refractivity contribution in [1.82, 2.24) is 20.0 Å². The van der Waals surface area contributed by atoms with Crippen molar-refractivity contribution in [2.75, 3.05) is 5.32 Å². The van der Waals surface area contributed by atoms with Crippen molar-refractivity contribution in [1.29, 1.82) is 0 Å². The number of hydrogen-bond donors (Lipinski definition) is 1. The molecule has 0 unspecified atom stereocenters. The third-order valence-electron chi connectivity index (χ3n) is 1.72. The molecule has 0 saturated carbocycles. The lowest BCUT2D eigenvalue weighted by molar-refractivity contribution is 0.530. The van der Waals surface area contributed by atoms with E-state index in [2.05, 4.69) is 20.6 Å². The summed E-state index contributed by atoms with van der Waals surface area (Å²) >= 11 is 0. The van der Waals surface area contributed by atoms with Crippen LogP contribution >= 0.6 is 0 Å². The van der Waals surface area contributed by atoms with Gasteiger partial charge in [0.25, 0.3) is 0 Å². The van der Waals surface area contributed by atoms with Crippen molar-refractivity contribution in [2.24, 2.45) is 7.05 Å². The number of anilines is 1. The first-order valence-electron chi connectivity index (χ1n) is 4.26. The molecule has 14 heavy (non-hydrogen) atoms. The summed E-state index contributed by atoms with van der Waals surface area (Å²) in [5.41, 5.74) is 0.934. The van der Waals surface area contributed by atoms with Crippen LogP contribution in [0.3, 0.4) is 0 Å². The summed E-state index contributed by atoms with van der Waals surface area (Å²) in [5.74, 6) is 0.550. The highest BCUT2D eigenvalue weighted by Gasteiger charge is 2.02. The van der Waals surface area contributed by atoms with Gasteiger partial charge < -0.3 is 9.73 Å². The summed E-state index contributed by atoms with van der Waals surface area (Å²) in [4.78, 5) is 0. The molecule has 0 saturated heterocycles. The summed E-state index contributed by atoms with van der Waals surface area (Å²) in [6.07, 6.45) is 1.88. The molecular weight excluding hydrogens is 182 g/mol. The van der Waals surface area contributed by atoms with E-state index < -0.39 is 0 Å². The molecule has 2 heterocycles. The molecular formula is C8H11N5O. The Morgan fingerprint density at radius 1 is 1.50 bits per heavy atom. The third kappa shape index (κ3) is 1.90. The monoisotopic (exact) mass is 193 g/mol. The van der Waals surface area contributed by atoms with Gasteiger partial charge in [-0.15, -0.1) is 5.10 Å². The normalized spacial score (nSPS) is 10.4. The Kier molecular flexibility index (Phi) is 2.18. The fraction of sp³-hybridized carbons (Fsp3) is 0.375. The van der Waals surface area contributed by atoms with E-state index in [0.717, 1.165) is 5.69 Å². The van der Waals surface area contributed by atoms with Crippen LogP contribution in [0.2, 0.25) is 0 Å². The maximum atomic E-state index is 5.14. The maximum absolute atomic E-state index is 5.14. The molecule has 0 aliphatic carbocycles. The highest BCUT2D eigenvalue weighted by atomic mass is 16.4. The molecule has 0 aliphatic rings. The van der Waals surface area contributed by atoms with Gasteiger partial charge in [-0.25, -0.2) is 0 Å². The topological polar surface area (TPSA) is 68.8 Å². The van der Waals surface area contributed by atoms with Crippen molar-refractivity contribution in [3.63, 3.8) is 0 Å². The van der Waals surface area contributed by atoms with Gasteiger partial charge in [0.2, 0.25) is 5.89 Å². The molecule has 0 aliphatic heterocycles. The molecule has 1 N–H and O–H groups in total. The van der Waals surface area contributed by atoms with Crippen LogP contribution in [0.25, 0.3) is 0 Å². The highest BCUT2D eigenvalue weighted by Crippen LogP contribution is 2.05. The molecule has 2 rings (SSSR count). The van der Waals surface area contributed by atoms with Crippen molar-refractivity contribution in [3.05, 3.63) is 23.8 Å². The van der Waals surface area contributed by atoms with Crippen molar-refractivity contribution < 1.29 is 4.42 Å². The van der Waals surface area contributed by atoms with E-state index in [9.17, 15) is 0 Å². The summed E-state index contributed by atoms with van der Waals surface area (Å²) in [6, 6.07) is 2.35. The summed E-state index contributed by atoms with van der Waals surface area (Å²) in [5, 5.41) is 14.7. The van der Waals surface area contributed by atoms with Crippen LogP contribution in [0, 0.1) is 6.92 Å². The largest absolute Gasteiger partial charge is 0.408 e. The van der Waals surface area contributed by atoms with Gasteiger partial charge in [0.15, 0.2) is 0 Å². The second-order valence-electron chi connectivity index (χ2n) is 2.96. The zero-order valence-corrected chi connectivity index (χ0v) is 8.06. The first-order chi connectivity index (χ1) is 6.74. The Balaban J connectivity index is 1.94. The average molecular weight is 193 g/mol. The van der Waals surface area contributed by atoms with Gasteiger partial charge in [-0.1, -0.05) is 5.10 Å². The predicted octanol–water partition coefficient (Wildman–Crippen LogP) is 0.724. The number of aromatic nitrogens is 4. The molecule has 0 spiro atoms. The third-order valence-corrected chi connectivity index (χ3v) is 1.72. The zero-order chi connectivity index (χ0) is 9.97. The van der Waals surface area contributed by atoms with Crippen LogP contribution in [-0.4, -0.2) is 20.0 Å². The van der Waals surface area contributed by atoms with Gasteiger partial charge in [0.1, 0.15) is 0 Å². The number of hydrogen-bond acceptors (Lipinski definition) is 5. The molecule has 74 valence electrons. The van der Waals surface area contributed by atoms with Crippen molar-refractivity contribution in [3.8, 4) is 0 Å². The van der Waals surface area contributed by atoms with E-state index in [-0.39, 0.29) is 0 Å². The highest BCUT2D eigenvalue weighted by molar-refractivity contribution is 5.18. The fourth-order valence-electron chi connectivity index (χ4n) is 1.09. The number of nitrogens with one attached hydrogen (secondary N) is 1. The van der Waals surface area contributed by atoms with Gasteiger partial charge in [0, 0.05) is 20.2 Å².